The van der Waals surface area contributed by atoms with Crippen LogP contribution in [-0.2, 0) is 11.2 Å². The minimum absolute atomic E-state index is 0.382. The van der Waals surface area contributed by atoms with E-state index >= 15 is 0 Å². The predicted octanol–water partition coefficient (Wildman–Crippen LogP) is 2.05. The van der Waals surface area contributed by atoms with Gasteiger partial charge in [0.1, 0.15) is 5.76 Å². The van der Waals surface area contributed by atoms with Crippen molar-refractivity contribution in [2.45, 2.75) is 20.3 Å². The molecule has 14 heavy (non-hydrogen) atoms. The average Bonchev–Trinajstić information content (AvgIpc) is 2.51. The van der Waals surface area contributed by atoms with E-state index in [4.69, 9.17) is 4.52 Å². The van der Waals surface area contributed by atoms with Crippen molar-refractivity contribution in [2.24, 2.45) is 5.92 Å². The maximum absolute atomic E-state index is 10.8. The van der Waals surface area contributed by atoms with Crippen LogP contribution in [0.25, 0.3) is 0 Å². The molecular weight excluding hydrogens is 184 g/mol. The minimum Gasteiger partial charge on any atom is -0.453 e. The zero-order chi connectivity index (χ0) is 10.6. The molecule has 0 radical (unpaired) electrons. The first-order valence-electron chi connectivity index (χ1n) is 4.42. The molecule has 5 heteroatoms. The summed E-state index contributed by atoms with van der Waals surface area (Å²) >= 11 is 0. The van der Waals surface area contributed by atoms with Crippen LogP contribution in [-0.4, -0.2) is 18.4 Å². The molecule has 1 amide bonds. The zero-order valence-electron chi connectivity index (χ0n) is 8.53. The van der Waals surface area contributed by atoms with E-state index in [2.05, 4.69) is 29.1 Å². The number of anilines is 1. The van der Waals surface area contributed by atoms with Crippen LogP contribution in [0, 0.1) is 5.92 Å². The van der Waals surface area contributed by atoms with Crippen molar-refractivity contribution >= 4 is 11.9 Å². The number of hydrogen-bond donors (Lipinski definition) is 1. The highest BCUT2D eigenvalue weighted by Crippen LogP contribution is 2.12. The predicted molar refractivity (Wildman–Crippen MR) is 51.1 cm³/mol. The monoisotopic (exact) mass is 198 g/mol. The van der Waals surface area contributed by atoms with Crippen molar-refractivity contribution in [3.63, 3.8) is 0 Å². The van der Waals surface area contributed by atoms with Gasteiger partial charge in [-0.25, -0.2) is 4.79 Å². The Hall–Kier alpha value is -1.52. The Bertz CT molecular complexity index is 307. The van der Waals surface area contributed by atoms with Crippen LogP contribution in [0.1, 0.15) is 19.6 Å². The third kappa shape index (κ3) is 3.08. The van der Waals surface area contributed by atoms with Crippen LogP contribution in [0.2, 0.25) is 0 Å². The first-order valence-corrected chi connectivity index (χ1v) is 4.42. The Morgan fingerprint density at radius 1 is 1.71 bits per heavy atom. The highest BCUT2D eigenvalue weighted by molar-refractivity contribution is 5.82. The number of aromatic nitrogens is 1. The lowest BCUT2D eigenvalue weighted by atomic mass is 10.1. The first-order chi connectivity index (χ1) is 6.61. The molecule has 0 aliphatic carbocycles. The van der Waals surface area contributed by atoms with E-state index in [0.29, 0.717) is 11.7 Å². The molecule has 5 nitrogen and oxygen atoms in total. The van der Waals surface area contributed by atoms with E-state index in [1.54, 1.807) is 6.07 Å². The maximum Gasteiger partial charge on any atom is 0.412 e. The van der Waals surface area contributed by atoms with Crippen molar-refractivity contribution < 1.29 is 14.1 Å². The molecule has 1 N–H and O–H groups in total. The number of nitrogens with zero attached hydrogens (tertiary/aromatic N) is 1. The normalized spacial score (nSPS) is 10.3. The highest BCUT2D eigenvalue weighted by atomic mass is 16.5. The summed E-state index contributed by atoms with van der Waals surface area (Å²) in [5, 5.41) is 6.09. The van der Waals surface area contributed by atoms with Gasteiger partial charge < -0.3 is 9.26 Å². The highest BCUT2D eigenvalue weighted by Gasteiger charge is 2.08. The summed E-state index contributed by atoms with van der Waals surface area (Å²) in [6.07, 6.45) is 0.255. The van der Waals surface area contributed by atoms with E-state index in [0.717, 1.165) is 12.2 Å². The second-order valence-electron chi connectivity index (χ2n) is 3.39. The van der Waals surface area contributed by atoms with Crippen LogP contribution in [0.4, 0.5) is 10.6 Å². The average molecular weight is 198 g/mol. The van der Waals surface area contributed by atoms with Gasteiger partial charge in [0.15, 0.2) is 5.82 Å². The Kier molecular flexibility index (Phi) is 3.50. The summed E-state index contributed by atoms with van der Waals surface area (Å²) < 4.78 is 9.41. The molecule has 0 fully saturated rings. The molecule has 0 saturated carbocycles. The van der Waals surface area contributed by atoms with Gasteiger partial charge >= 0.3 is 6.09 Å². The van der Waals surface area contributed by atoms with Gasteiger partial charge in [-0.15, -0.1) is 0 Å². The molecule has 1 aromatic rings. The van der Waals surface area contributed by atoms with Gasteiger partial charge in [0.25, 0.3) is 0 Å². The van der Waals surface area contributed by atoms with Crippen LogP contribution in [0.5, 0.6) is 0 Å². The molecule has 1 aromatic heterocycles. The second kappa shape index (κ2) is 4.64. The number of rotatable bonds is 3. The summed E-state index contributed by atoms with van der Waals surface area (Å²) in [7, 11) is 1.30. The zero-order valence-corrected chi connectivity index (χ0v) is 8.53. The first kappa shape index (κ1) is 10.6. The quantitative estimate of drug-likeness (QED) is 0.807. The minimum atomic E-state index is -0.547. The van der Waals surface area contributed by atoms with Gasteiger partial charge in [-0.2, -0.15) is 0 Å². The van der Waals surface area contributed by atoms with Gasteiger partial charge in [0, 0.05) is 12.5 Å². The number of carbonyl (C=O) groups is 1. The maximum atomic E-state index is 10.8. The van der Waals surface area contributed by atoms with Gasteiger partial charge in [-0.1, -0.05) is 19.0 Å². The molecule has 78 valence electrons. The van der Waals surface area contributed by atoms with Crippen molar-refractivity contribution in [1.82, 2.24) is 5.16 Å². The smallest absolute Gasteiger partial charge is 0.412 e. The fourth-order valence-corrected chi connectivity index (χ4v) is 1.03. The SMILES string of the molecule is COC(=O)Nc1cc(CC(C)C)on1. The Balaban J connectivity index is 2.55. The lowest BCUT2D eigenvalue weighted by molar-refractivity contribution is 0.186. The standard InChI is InChI=1S/C9H14N2O3/c1-6(2)4-7-5-8(11-14-7)10-9(12)13-3/h5-6H,4H2,1-3H3,(H,10,11,12). The van der Waals surface area contributed by atoms with E-state index < -0.39 is 6.09 Å². The third-order valence-corrected chi connectivity index (χ3v) is 1.58. The van der Waals surface area contributed by atoms with Gasteiger partial charge in [0.05, 0.1) is 7.11 Å². The number of ether oxygens (including phenoxy) is 1. The second-order valence-corrected chi connectivity index (χ2v) is 3.39. The largest absolute Gasteiger partial charge is 0.453 e. The summed E-state index contributed by atoms with van der Waals surface area (Å²) in [4.78, 5) is 10.8. The van der Waals surface area contributed by atoms with Gasteiger partial charge in [0.2, 0.25) is 0 Å². The summed E-state index contributed by atoms with van der Waals surface area (Å²) in [6, 6.07) is 1.69. The van der Waals surface area contributed by atoms with E-state index in [1.165, 1.54) is 7.11 Å². The Morgan fingerprint density at radius 2 is 2.43 bits per heavy atom. The summed E-state index contributed by atoms with van der Waals surface area (Å²) in [6.45, 7) is 4.16. The van der Waals surface area contributed by atoms with Gasteiger partial charge in [-0.3, -0.25) is 5.32 Å². The van der Waals surface area contributed by atoms with Crippen LogP contribution < -0.4 is 5.32 Å². The molecule has 1 heterocycles. The fraction of sp³-hybridized carbons (Fsp3) is 0.556. The number of hydrogen-bond acceptors (Lipinski definition) is 4. The van der Waals surface area contributed by atoms with Crippen molar-refractivity contribution in [1.29, 1.82) is 0 Å². The molecule has 0 spiro atoms. The van der Waals surface area contributed by atoms with Crippen LogP contribution >= 0.6 is 0 Å². The number of methoxy groups -OCH3 is 1. The van der Waals surface area contributed by atoms with Crippen molar-refractivity contribution in [2.75, 3.05) is 12.4 Å². The van der Waals surface area contributed by atoms with E-state index in [1.807, 2.05) is 0 Å². The lowest BCUT2D eigenvalue weighted by Gasteiger charge is -1.97. The molecule has 0 aromatic carbocycles. The Morgan fingerprint density at radius 3 is 3.00 bits per heavy atom. The van der Waals surface area contributed by atoms with Crippen LogP contribution in [0.3, 0.4) is 0 Å². The van der Waals surface area contributed by atoms with Crippen LogP contribution in [0.15, 0.2) is 10.6 Å². The number of carbonyl (C=O) groups excluding carboxylic acids is 1. The summed E-state index contributed by atoms with van der Waals surface area (Å²) in [5.41, 5.74) is 0. The third-order valence-electron chi connectivity index (χ3n) is 1.58. The van der Waals surface area contributed by atoms with E-state index in [-0.39, 0.29) is 0 Å². The lowest BCUT2D eigenvalue weighted by Crippen LogP contribution is -2.10. The fourth-order valence-electron chi connectivity index (χ4n) is 1.03. The molecule has 1 rings (SSSR count). The molecular formula is C9H14N2O3. The Labute approximate surface area is 82.4 Å². The molecule has 0 aliphatic rings. The summed E-state index contributed by atoms with van der Waals surface area (Å²) in [5.74, 6) is 1.63. The number of nitrogens with one attached hydrogen (secondary N) is 1. The van der Waals surface area contributed by atoms with Gasteiger partial charge in [-0.05, 0) is 5.92 Å². The molecule has 0 saturated heterocycles. The molecule has 0 unspecified atom stereocenters. The molecule has 0 aliphatic heterocycles. The topological polar surface area (TPSA) is 64.4 Å². The van der Waals surface area contributed by atoms with Crippen molar-refractivity contribution in [3.05, 3.63) is 11.8 Å². The van der Waals surface area contributed by atoms with Crippen molar-refractivity contribution in [3.8, 4) is 0 Å². The molecule has 0 atom stereocenters. The number of amides is 1. The van der Waals surface area contributed by atoms with E-state index in [9.17, 15) is 4.79 Å². The molecule has 0 bridgehead atoms.